The molecule has 2 aromatic carbocycles. The van der Waals surface area contributed by atoms with E-state index in [2.05, 4.69) is 29.0 Å². The molecular weight excluding hydrogens is 232 g/mol. The molecule has 88 valence electrons. The lowest BCUT2D eigenvalue weighted by Gasteiger charge is -2.05. The number of ether oxygens (including phenoxy) is 1. The first-order chi connectivity index (χ1) is 8.31. The number of esters is 1. The monoisotopic (exact) mass is 246 g/mol. The quantitative estimate of drug-likeness (QED) is 0.610. The maximum atomic E-state index is 11.0. The van der Waals surface area contributed by atoms with Gasteiger partial charge in [-0.3, -0.25) is 4.79 Å². The van der Waals surface area contributed by atoms with Crippen molar-refractivity contribution in [2.24, 2.45) is 0 Å². The van der Waals surface area contributed by atoms with Crippen LogP contribution in [0.3, 0.4) is 0 Å². The SMILES string of the molecule is COC(=O)CCSc1cccc2ccccc12. The molecule has 0 radical (unpaired) electrons. The Morgan fingerprint density at radius 1 is 1.18 bits per heavy atom. The molecule has 0 aliphatic heterocycles. The highest BCUT2D eigenvalue weighted by Crippen LogP contribution is 2.28. The minimum absolute atomic E-state index is 0.155. The van der Waals surface area contributed by atoms with Gasteiger partial charge in [-0.1, -0.05) is 36.4 Å². The van der Waals surface area contributed by atoms with Gasteiger partial charge in [0.2, 0.25) is 0 Å². The van der Waals surface area contributed by atoms with E-state index >= 15 is 0 Å². The smallest absolute Gasteiger partial charge is 0.306 e. The second-order valence-corrected chi connectivity index (χ2v) is 4.79. The summed E-state index contributed by atoms with van der Waals surface area (Å²) in [6.45, 7) is 0. The third-order valence-electron chi connectivity index (χ3n) is 2.54. The molecule has 0 spiro atoms. The number of benzene rings is 2. The number of fused-ring (bicyclic) bond motifs is 1. The van der Waals surface area contributed by atoms with Gasteiger partial charge < -0.3 is 4.74 Å². The molecule has 0 amide bonds. The summed E-state index contributed by atoms with van der Waals surface area (Å²) in [7, 11) is 1.42. The average Bonchev–Trinajstić information content (AvgIpc) is 2.39. The lowest BCUT2D eigenvalue weighted by molar-refractivity contribution is -0.140. The van der Waals surface area contributed by atoms with Gasteiger partial charge in [0.05, 0.1) is 13.5 Å². The highest BCUT2D eigenvalue weighted by atomic mass is 32.2. The highest BCUT2D eigenvalue weighted by Gasteiger charge is 2.03. The minimum atomic E-state index is -0.155. The third-order valence-corrected chi connectivity index (χ3v) is 3.62. The van der Waals surface area contributed by atoms with E-state index in [4.69, 9.17) is 0 Å². The Hall–Kier alpha value is -1.48. The van der Waals surface area contributed by atoms with E-state index in [1.54, 1.807) is 11.8 Å². The van der Waals surface area contributed by atoms with Crippen LogP contribution in [-0.2, 0) is 9.53 Å². The Balaban J connectivity index is 2.11. The van der Waals surface area contributed by atoms with Crippen LogP contribution in [0.4, 0.5) is 0 Å². The van der Waals surface area contributed by atoms with Gasteiger partial charge in [-0.15, -0.1) is 11.8 Å². The molecule has 0 aliphatic carbocycles. The van der Waals surface area contributed by atoms with Gasteiger partial charge in [-0.2, -0.15) is 0 Å². The number of carbonyl (C=O) groups excluding carboxylic acids is 1. The maximum absolute atomic E-state index is 11.0. The van der Waals surface area contributed by atoms with Crippen molar-refractivity contribution in [1.82, 2.24) is 0 Å². The molecule has 0 saturated carbocycles. The van der Waals surface area contributed by atoms with Gasteiger partial charge in [0, 0.05) is 10.6 Å². The molecule has 2 nitrogen and oxygen atoms in total. The second kappa shape index (κ2) is 5.73. The first-order valence-electron chi connectivity index (χ1n) is 5.48. The van der Waals surface area contributed by atoms with Gasteiger partial charge >= 0.3 is 5.97 Å². The van der Waals surface area contributed by atoms with Gasteiger partial charge in [0.25, 0.3) is 0 Å². The molecule has 17 heavy (non-hydrogen) atoms. The topological polar surface area (TPSA) is 26.3 Å². The zero-order chi connectivity index (χ0) is 12.1. The van der Waals surface area contributed by atoms with Crippen LogP contribution in [0.5, 0.6) is 0 Å². The summed E-state index contributed by atoms with van der Waals surface area (Å²) < 4.78 is 4.62. The molecule has 2 aromatic rings. The van der Waals surface area contributed by atoms with Crippen LogP contribution >= 0.6 is 11.8 Å². The normalized spacial score (nSPS) is 10.4. The lowest BCUT2D eigenvalue weighted by atomic mass is 10.1. The Kier molecular flexibility index (Phi) is 4.04. The Morgan fingerprint density at radius 2 is 1.94 bits per heavy atom. The van der Waals surface area contributed by atoms with E-state index in [0.717, 1.165) is 5.75 Å². The molecule has 0 aromatic heterocycles. The molecular formula is C14H14O2S. The number of thioether (sulfide) groups is 1. The van der Waals surface area contributed by atoms with E-state index in [9.17, 15) is 4.79 Å². The first kappa shape index (κ1) is 12.0. The molecule has 0 aliphatic rings. The van der Waals surface area contributed by atoms with Crippen molar-refractivity contribution in [3.63, 3.8) is 0 Å². The van der Waals surface area contributed by atoms with Crippen molar-refractivity contribution in [2.45, 2.75) is 11.3 Å². The van der Waals surface area contributed by atoms with Crippen molar-refractivity contribution >= 4 is 28.5 Å². The van der Waals surface area contributed by atoms with Gasteiger partial charge in [0.15, 0.2) is 0 Å². The number of hydrogen-bond acceptors (Lipinski definition) is 3. The highest BCUT2D eigenvalue weighted by molar-refractivity contribution is 7.99. The summed E-state index contributed by atoms with van der Waals surface area (Å²) in [4.78, 5) is 12.2. The van der Waals surface area contributed by atoms with E-state index in [1.165, 1.54) is 22.8 Å². The molecule has 0 atom stereocenters. The molecule has 0 fully saturated rings. The molecule has 0 N–H and O–H groups in total. The van der Waals surface area contributed by atoms with Crippen LogP contribution in [0, 0.1) is 0 Å². The summed E-state index contributed by atoms with van der Waals surface area (Å²) in [6, 6.07) is 14.5. The number of hydrogen-bond donors (Lipinski definition) is 0. The molecule has 3 heteroatoms. The fourth-order valence-corrected chi connectivity index (χ4v) is 2.67. The van der Waals surface area contributed by atoms with Crippen LogP contribution in [0.15, 0.2) is 47.4 Å². The van der Waals surface area contributed by atoms with Crippen LogP contribution in [0.25, 0.3) is 10.8 Å². The van der Waals surface area contributed by atoms with Crippen LogP contribution in [0.1, 0.15) is 6.42 Å². The summed E-state index contributed by atoms with van der Waals surface area (Å²) in [5.41, 5.74) is 0. The number of rotatable bonds is 4. The summed E-state index contributed by atoms with van der Waals surface area (Å²) >= 11 is 1.69. The predicted octanol–water partition coefficient (Wildman–Crippen LogP) is 3.50. The summed E-state index contributed by atoms with van der Waals surface area (Å²) in [5.74, 6) is 0.596. The van der Waals surface area contributed by atoms with Crippen LogP contribution < -0.4 is 0 Å². The third kappa shape index (κ3) is 3.01. The number of carbonyl (C=O) groups is 1. The van der Waals surface area contributed by atoms with Crippen LogP contribution in [0.2, 0.25) is 0 Å². The molecule has 0 heterocycles. The molecule has 0 bridgehead atoms. The Morgan fingerprint density at radius 3 is 2.76 bits per heavy atom. The Labute approximate surface area is 105 Å². The van der Waals surface area contributed by atoms with Crippen molar-refractivity contribution in [3.05, 3.63) is 42.5 Å². The summed E-state index contributed by atoms with van der Waals surface area (Å²) in [6.07, 6.45) is 0.449. The van der Waals surface area contributed by atoms with E-state index in [1.807, 2.05) is 18.2 Å². The van der Waals surface area contributed by atoms with Crippen molar-refractivity contribution < 1.29 is 9.53 Å². The van der Waals surface area contributed by atoms with Crippen molar-refractivity contribution in [1.29, 1.82) is 0 Å². The van der Waals surface area contributed by atoms with Crippen molar-refractivity contribution in [3.8, 4) is 0 Å². The van der Waals surface area contributed by atoms with Gasteiger partial charge in [-0.25, -0.2) is 0 Å². The van der Waals surface area contributed by atoms with E-state index in [-0.39, 0.29) is 5.97 Å². The van der Waals surface area contributed by atoms with E-state index in [0.29, 0.717) is 6.42 Å². The van der Waals surface area contributed by atoms with Gasteiger partial charge in [-0.05, 0) is 16.8 Å². The second-order valence-electron chi connectivity index (χ2n) is 3.65. The fraction of sp³-hybridized carbons (Fsp3) is 0.214. The Bertz CT molecular complexity index is 517. The molecule has 0 unspecified atom stereocenters. The van der Waals surface area contributed by atoms with Crippen LogP contribution in [-0.4, -0.2) is 18.8 Å². The first-order valence-corrected chi connectivity index (χ1v) is 6.47. The zero-order valence-corrected chi connectivity index (χ0v) is 10.5. The van der Waals surface area contributed by atoms with E-state index < -0.39 is 0 Å². The lowest BCUT2D eigenvalue weighted by Crippen LogP contribution is -2.00. The number of methoxy groups -OCH3 is 1. The van der Waals surface area contributed by atoms with Crippen molar-refractivity contribution in [2.75, 3.05) is 12.9 Å². The van der Waals surface area contributed by atoms with Gasteiger partial charge in [0.1, 0.15) is 0 Å². The zero-order valence-electron chi connectivity index (χ0n) is 9.68. The molecule has 2 rings (SSSR count). The largest absolute Gasteiger partial charge is 0.469 e. The summed E-state index contributed by atoms with van der Waals surface area (Å²) in [5, 5.41) is 2.47. The fourth-order valence-electron chi connectivity index (χ4n) is 1.67. The average molecular weight is 246 g/mol. The predicted molar refractivity (Wildman–Crippen MR) is 71.3 cm³/mol. The maximum Gasteiger partial charge on any atom is 0.306 e. The molecule has 0 saturated heterocycles. The minimum Gasteiger partial charge on any atom is -0.469 e. The standard InChI is InChI=1S/C14H14O2S/c1-16-14(15)9-10-17-13-8-4-6-11-5-2-3-7-12(11)13/h2-8H,9-10H2,1H3.